The first-order valence-electron chi connectivity index (χ1n) is 6.92. The third-order valence-electron chi connectivity index (χ3n) is 4.69. The standard InChI is InChI=1S/C13H27NO2S2/c1-5-12(3,6-2)11-13(4,17)9-7-8-10-14(11)18(15)16/h11,17-18H,5-10H2,1-4H3. The average molecular weight is 293 g/mol. The molecule has 1 rings (SSSR count). The van der Waals surface area contributed by atoms with Crippen LogP contribution < -0.4 is 0 Å². The molecule has 0 aromatic carbocycles. The molecule has 0 aromatic rings. The minimum absolute atomic E-state index is 0.00373. The zero-order chi connectivity index (χ0) is 14.0. The zero-order valence-electron chi connectivity index (χ0n) is 12.0. The lowest BCUT2D eigenvalue weighted by atomic mass is 9.71. The van der Waals surface area contributed by atoms with E-state index in [1.807, 2.05) is 0 Å². The summed E-state index contributed by atoms with van der Waals surface area (Å²) >= 11 is 4.83. The molecular weight excluding hydrogens is 266 g/mol. The van der Waals surface area contributed by atoms with E-state index in [-0.39, 0.29) is 16.2 Å². The van der Waals surface area contributed by atoms with Crippen molar-refractivity contribution < 1.29 is 8.42 Å². The molecule has 108 valence electrons. The molecule has 2 atom stereocenters. The Bertz CT molecular complexity index is 341. The summed E-state index contributed by atoms with van der Waals surface area (Å²) in [5, 5.41) is 0. The Morgan fingerprint density at radius 3 is 2.33 bits per heavy atom. The molecule has 1 aliphatic heterocycles. The Morgan fingerprint density at radius 2 is 1.89 bits per heavy atom. The van der Waals surface area contributed by atoms with Crippen molar-refractivity contribution in [3.8, 4) is 0 Å². The van der Waals surface area contributed by atoms with Gasteiger partial charge in [-0.3, -0.25) is 0 Å². The first-order valence-corrected chi connectivity index (χ1v) is 8.49. The van der Waals surface area contributed by atoms with Crippen LogP contribution in [0.15, 0.2) is 0 Å². The van der Waals surface area contributed by atoms with Crippen molar-refractivity contribution in [2.24, 2.45) is 5.41 Å². The normalized spacial score (nSPS) is 31.6. The minimum atomic E-state index is -2.52. The summed E-state index contributed by atoms with van der Waals surface area (Å²) in [6, 6.07) is -0.00746. The maximum absolute atomic E-state index is 11.6. The van der Waals surface area contributed by atoms with E-state index in [0.717, 1.165) is 32.1 Å². The summed E-state index contributed by atoms with van der Waals surface area (Å²) < 4.78 is 24.7. The van der Waals surface area contributed by atoms with Gasteiger partial charge in [-0.1, -0.05) is 27.2 Å². The second-order valence-corrected chi connectivity index (χ2v) is 7.99. The summed E-state index contributed by atoms with van der Waals surface area (Å²) in [5.74, 6) is 0. The lowest BCUT2D eigenvalue weighted by Crippen LogP contribution is -2.55. The molecule has 1 saturated heterocycles. The maximum Gasteiger partial charge on any atom is 0.204 e. The molecule has 1 aliphatic rings. The molecule has 3 nitrogen and oxygen atoms in total. The number of nitrogens with zero attached hydrogens (tertiary/aromatic N) is 1. The molecule has 0 saturated carbocycles. The van der Waals surface area contributed by atoms with Gasteiger partial charge in [-0.25, -0.2) is 8.42 Å². The van der Waals surface area contributed by atoms with E-state index in [9.17, 15) is 8.42 Å². The molecule has 0 spiro atoms. The molecule has 1 heterocycles. The highest BCUT2D eigenvalue weighted by atomic mass is 32.2. The second kappa shape index (κ2) is 6.14. The lowest BCUT2D eigenvalue weighted by molar-refractivity contribution is 0.108. The van der Waals surface area contributed by atoms with Gasteiger partial charge in [-0.2, -0.15) is 16.9 Å². The SMILES string of the molecule is CCC(C)(CC)C1N([SH](=O)=O)CCCCC1(C)S. The van der Waals surface area contributed by atoms with Gasteiger partial charge >= 0.3 is 0 Å². The number of rotatable bonds is 4. The van der Waals surface area contributed by atoms with Crippen molar-refractivity contribution in [1.29, 1.82) is 0 Å². The van der Waals surface area contributed by atoms with Crippen molar-refractivity contribution in [1.82, 2.24) is 4.31 Å². The van der Waals surface area contributed by atoms with E-state index in [1.165, 1.54) is 0 Å². The quantitative estimate of drug-likeness (QED) is 0.782. The molecule has 5 heteroatoms. The van der Waals surface area contributed by atoms with Crippen LogP contribution in [-0.4, -0.2) is 30.1 Å². The van der Waals surface area contributed by atoms with Crippen LogP contribution in [0.3, 0.4) is 0 Å². The highest BCUT2D eigenvalue weighted by molar-refractivity contribution is 7.82. The molecule has 0 aromatic heterocycles. The van der Waals surface area contributed by atoms with Crippen LogP contribution in [0.2, 0.25) is 0 Å². The van der Waals surface area contributed by atoms with Gasteiger partial charge in [-0.15, -0.1) is 0 Å². The summed E-state index contributed by atoms with van der Waals surface area (Å²) in [6.07, 6.45) is 4.93. The minimum Gasteiger partial charge on any atom is -0.215 e. The van der Waals surface area contributed by atoms with Gasteiger partial charge in [0.15, 0.2) is 0 Å². The van der Waals surface area contributed by atoms with Crippen LogP contribution in [0.4, 0.5) is 0 Å². The van der Waals surface area contributed by atoms with Crippen LogP contribution in [0.25, 0.3) is 0 Å². The maximum atomic E-state index is 11.6. The van der Waals surface area contributed by atoms with Crippen molar-refractivity contribution in [2.45, 2.75) is 70.6 Å². The fourth-order valence-corrected chi connectivity index (χ4v) is 4.99. The molecule has 0 bridgehead atoms. The van der Waals surface area contributed by atoms with E-state index >= 15 is 0 Å². The number of hydrogen-bond donors (Lipinski definition) is 2. The summed E-state index contributed by atoms with van der Waals surface area (Å²) in [5.41, 5.74) is -0.00373. The average Bonchev–Trinajstić information content (AvgIpc) is 2.47. The first kappa shape index (κ1) is 16.3. The van der Waals surface area contributed by atoms with Gasteiger partial charge in [0.1, 0.15) is 0 Å². The van der Waals surface area contributed by atoms with Crippen LogP contribution >= 0.6 is 12.6 Å². The van der Waals surface area contributed by atoms with E-state index in [2.05, 4.69) is 27.7 Å². The van der Waals surface area contributed by atoms with E-state index < -0.39 is 10.9 Å². The fourth-order valence-electron chi connectivity index (χ4n) is 3.27. The van der Waals surface area contributed by atoms with Crippen LogP contribution in [0.1, 0.15) is 59.8 Å². The van der Waals surface area contributed by atoms with Gasteiger partial charge in [-0.05, 0) is 38.0 Å². The van der Waals surface area contributed by atoms with E-state index in [4.69, 9.17) is 12.6 Å². The third kappa shape index (κ3) is 3.23. The Balaban J connectivity index is 3.24. The highest BCUT2D eigenvalue weighted by Gasteiger charge is 2.47. The molecule has 0 N–H and O–H groups in total. The number of hydrogen-bond acceptors (Lipinski definition) is 3. The van der Waals surface area contributed by atoms with Crippen molar-refractivity contribution >= 4 is 23.5 Å². The monoisotopic (exact) mass is 293 g/mol. The van der Waals surface area contributed by atoms with Crippen molar-refractivity contribution in [2.75, 3.05) is 6.54 Å². The molecule has 18 heavy (non-hydrogen) atoms. The molecule has 1 fully saturated rings. The van der Waals surface area contributed by atoms with Gasteiger partial charge < -0.3 is 0 Å². The predicted molar refractivity (Wildman–Crippen MR) is 80.7 cm³/mol. The van der Waals surface area contributed by atoms with Gasteiger partial charge in [0.05, 0.1) is 0 Å². The van der Waals surface area contributed by atoms with Gasteiger partial charge in [0.25, 0.3) is 0 Å². The van der Waals surface area contributed by atoms with Crippen LogP contribution in [0, 0.1) is 5.41 Å². The van der Waals surface area contributed by atoms with Crippen LogP contribution in [-0.2, 0) is 10.9 Å². The second-order valence-electron chi connectivity index (χ2n) is 5.98. The van der Waals surface area contributed by atoms with Gasteiger partial charge in [0, 0.05) is 17.3 Å². The van der Waals surface area contributed by atoms with Gasteiger partial charge in [0.2, 0.25) is 10.9 Å². The van der Waals surface area contributed by atoms with Crippen molar-refractivity contribution in [3.05, 3.63) is 0 Å². The molecular formula is C13H27NO2S2. The van der Waals surface area contributed by atoms with Crippen molar-refractivity contribution in [3.63, 3.8) is 0 Å². The number of thiol groups is 2. The predicted octanol–water partition coefficient (Wildman–Crippen LogP) is 2.88. The summed E-state index contributed by atoms with van der Waals surface area (Å²) in [6.45, 7) is 9.24. The highest BCUT2D eigenvalue weighted by Crippen LogP contribution is 2.45. The smallest absolute Gasteiger partial charge is 0.204 e. The Labute approximate surface area is 119 Å². The van der Waals surface area contributed by atoms with E-state index in [0.29, 0.717) is 6.54 Å². The largest absolute Gasteiger partial charge is 0.215 e. The Morgan fingerprint density at radius 1 is 1.33 bits per heavy atom. The third-order valence-corrected chi connectivity index (χ3v) is 6.01. The van der Waals surface area contributed by atoms with Crippen LogP contribution in [0.5, 0.6) is 0 Å². The summed E-state index contributed by atoms with van der Waals surface area (Å²) in [7, 11) is -2.52. The molecule has 0 radical (unpaired) electrons. The first-order chi connectivity index (χ1) is 8.28. The lowest BCUT2D eigenvalue weighted by Gasteiger charge is -2.47. The molecule has 2 unspecified atom stereocenters. The Hall–Kier alpha value is 0.260. The molecule has 0 aliphatic carbocycles. The zero-order valence-corrected chi connectivity index (χ0v) is 13.8. The topological polar surface area (TPSA) is 37.4 Å². The summed E-state index contributed by atoms with van der Waals surface area (Å²) in [4.78, 5) is 0. The molecule has 0 amide bonds. The Kier molecular flexibility index (Phi) is 5.57. The van der Waals surface area contributed by atoms with E-state index in [1.54, 1.807) is 4.31 Å². The fraction of sp³-hybridized carbons (Fsp3) is 1.00.